The number of aromatic nitrogens is 5. The Morgan fingerprint density at radius 3 is 2.86 bits per heavy atom. The molecule has 4 aromatic rings. The molecular weight excluding hydrogens is 354 g/mol. The minimum Gasteiger partial charge on any atom is -0.435 e. The van der Waals surface area contributed by atoms with Gasteiger partial charge in [0.05, 0.1) is 12.4 Å². The predicted molar refractivity (Wildman–Crippen MR) is 105 cm³/mol. The number of pyridine rings is 1. The Morgan fingerprint density at radius 1 is 1.11 bits per heavy atom. The maximum atomic E-state index is 6.20. The molecule has 0 aliphatic carbocycles. The largest absolute Gasteiger partial charge is 0.435 e. The summed E-state index contributed by atoms with van der Waals surface area (Å²) in [7, 11) is 0. The molecule has 28 heavy (non-hydrogen) atoms. The Morgan fingerprint density at radius 2 is 2.00 bits per heavy atom. The van der Waals surface area contributed by atoms with Gasteiger partial charge in [0, 0.05) is 11.6 Å². The summed E-state index contributed by atoms with van der Waals surface area (Å²) in [5.74, 6) is 1.57. The average Bonchev–Trinajstić information content (AvgIpc) is 3.32. The fourth-order valence-corrected chi connectivity index (χ4v) is 3.92. The molecule has 1 aliphatic rings. The fourth-order valence-electron chi connectivity index (χ4n) is 3.92. The highest BCUT2D eigenvalue weighted by Gasteiger charge is 2.33. The molecule has 3 atom stereocenters. The van der Waals surface area contributed by atoms with E-state index >= 15 is 0 Å². The summed E-state index contributed by atoms with van der Waals surface area (Å²) in [6.07, 6.45) is 7.17. The molecule has 142 valence electrons. The van der Waals surface area contributed by atoms with E-state index in [1.54, 1.807) is 12.5 Å². The number of imidazole rings is 1. The van der Waals surface area contributed by atoms with Gasteiger partial charge in [-0.05, 0) is 30.9 Å². The van der Waals surface area contributed by atoms with Crippen LogP contribution in [0.4, 0.5) is 0 Å². The number of rotatable bonds is 4. The van der Waals surface area contributed by atoms with Crippen molar-refractivity contribution >= 4 is 22.1 Å². The highest BCUT2D eigenvalue weighted by Crippen LogP contribution is 2.37. The number of para-hydroxylation sites is 1. The number of nitrogens with zero attached hydrogens (tertiary/aromatic N) is 5. The van der Waals surface area contributed by atoms with Gasteiger partial charge in [0.2, 0.25) is 0 Å². The van der Waals surface area contributed by atoms with Gasteiger partial charge in [0.25, 0.3) is 5.88 Å². The summed E-state index contributed by atoms with van der Waals surface area (Å²) in [5.41, 5.74) is 2.12. The highest BCUT2D eigenvalue weighted by molar-refractivity contribution is 5.85. The van der Waals surface area contributed by atoms with Gasteiger partial charge in [-0.15, -0.1) is 0 Å². The van der Waals surface area contributed by atoms with Crippen molar-refractivity contribution in [2.45, 2.75) is 39.0 Å². The maximum Gasteiger partial charge on any atom is 0.251 e. The number of fused-ring (bicyclic) bond motifs is 2. The summed E-state index contributed by atoms with van der Waals surface area (Å²) in [6.45, 7) is 4.38. The molecule has 0 saturated carbocycles. The van der Waals surface area contributed by atoms with Crippen molar-refractivity contribution < 1.29 is 9.47 Å². The van der Waals surface area contributed by atoms with Gasteiger partial charge in [-0.3, -0.25) is 9.55 Å². The van der Waals surface area contributed by atoms with E-state index < -0.39 is 0 Å². The van der Waals surface area contributed by atoms with Crippen molar-refractivity contribution in [2.24, 2.45) is 5.92 Å². The Kier molecular flexibility index (Phi) is 4.16. The van der Waals surface area contributed by atoms with E-state index in [0.29, 0.717) is 28.7 Å². The van der Waals surface area contributed by atoms with Crippen LogP contribution in [0.5, 0.6) is 11.6 Å². The van der Waals surface area contributed by atoms with Crippen LogP contribution >= 0.6 is 0 Å². The predicted octanol–water partition coefficient (Wildman–Crippen LogP) is 4.50. The molecule has 0 spiro atoms. The SMILES string of the molecule is CCC1OC(n2cnc3c(Oc4cccc5cccnc45)ncnc32)CC1C. The first-order chi connectivity index (χ1) is 13.7. The van der Waals surface area contributed by atoms with Crippen molar-refractivity contribution in [1.82, 2.24) is 24.5 Å². The summed E-state index contributed by atoms with van der Waals surface area (Å²) >= 11 is 0. The monoisotopic (exact) mass is 375 g/mol. The molecule has 0 bridgehead atoms. The van der Waals surface area contributed by atoms with Crippen molar-refractivity contribution in [3.8, 4) is 11.6 Å². The topological polar surface area (TPSA) is 75.0 Å². The second-order valence-corrected chi connectivity index (χ2v) is 7.19. The third kappa shape index (κ3) is 2.79. The van der Waals surface area contributed by atoms with Crippen LogP contribution < -0.4 is 4.74 Å². The molecule has 3 aromatic heterocycles. The highest BCUT2D eigenvalue weighted by atomic mass is 16.5. The van der Waals surface area contributed by atoms with E-state index in [2.05, 4.69) is 33.8 Å². The lowest BCUT2D eigenvalue weighted by molar-refractivity contribution is -0.00304. The van der Waals surface area contributed by atoms with Gasteiger partial charge < -0.3 is 9.47 Å². The molecule has 1 aliphatic heterocycles. The van der Waals surface area contributed by atoms with E-state index in [1.165, 1.54) is 6.33 Å². The molecule has 1 saturated heterocycles. The summed E-state index contributed by atoms with van der Waals surface area (Å²) in [4.78, 5) is 17.7. The van der Waals surface area contributed by atoms with E-state index in [0.717, 1.165) is 23.7 Å². The van der Waals surface area contributed by atoms with Crippen molar-refractivity contribution in [1.29, 1.82) is 0 Å². The van der Waals surface area contributed by atoms with Crippen LogP contribution in [-0.2, 0) is 4.74 Å². The second kappa shape index (κ2) is 6.83. The molecule has 0 amide bonds. The number of ether oxygens (including phenoxy) is 2. The first-order valence-corrected chi connectivity index (χ1v) is 9.59. The van der Waals surface area contributed by atoms with Crippen molar-refractivity contribution in [3.05, 3.63) is 49.2 Å². The Labute approximate surface area is 162 Å². The van der Waals surface area contributed by atoms with Gasteiger partial charge >= 0.3 is 0 Å². The van der Waals surface area contributed by atoms with E-state index in [-0.39, 0.29) is 12.3 Å². The van der Waals surface area contributed by atoms with Crippen LogP contribution in [0.25, 0.3) is 22.1 Å². The summed E-state index contributed by atoms with van der Waals surface area (Å²) < 4.78 is 14.3. The molecule has 5 rings (SSSR count). The molecule has 4 heterocycles. The average molecular weight is 375 g/mol. The molecule has 7 heteroatoms. The van der Waals surface area contributed by atoms with Gasteiger partial charge in [-0.1, -0.05) is 32.0 Å². The zero-order valence-corrected chi connectivity index (χ0v) is 15.8. The fraction of sp³-hybridized carbons (Fsp3) is 0.333. The lowest BCUT2D eigenvalue weighted by Crippen LogP contribution is -2.12. The molecule has 1 aromatic carbocycles. The van der Waals surface area contributed by atoms with Gasteiger partial charge in [0.1, 0.15) is 18.1 Å². The first-order valence-electron chi connectivity index (χ1n) is 9.59. The lowest BCUT2D eigenvalue weighted by atomic mass is 10.0. The molecule has 0 radical (unpaired) electrons. The lowest BCUT2D eigenvalue weighted by Gasteiger charge is -2.14. The Hall–Kier alpha value is -3.06. The normalized spacial score (nSPS) is 22.1. The smallest absolute Gasteiger partial charge is 0.251 e. The maximum absolute atomic E-state index is 6.20. The first kappa shape index (κ1) is 17.1. The molecular formula is C21H21N5O2. The van der Waals surface area contributed by atoms with Crippen molar-refractivity contribution in [3.63, 3.8) is 0 Å². The van der Waals surface area contributed by atoms with Crippen LogP contribution in [0.3, 0.4) is 0 Å². The van der Waals surface area contributed by atoms with Crippen LogP contribution in [0.2, 0.25) is 0 Å². The standard InChI is InChI=1S/C21H21N5O2/c1-3-15-13(2)10-17(27-15)26-12-25-19-20(26)23-11-24-21(19)28-16-8-4-6-14-7-5-9-22-18(14)16/h4-9,11-13,15,17H,3,10H2,1-2H3. The number of hydrogen-bond donors (Lipinski definition) is 0. The molecule has 0 N–H and O–H groups in total. The minimum absolute atomic E-state index is 0.0630. The molecule has 7 nitrogen and oxygen atoms in total. The summed E-state index contributed by atoms with van der Waals surface area (Å²) in [5, 5.41) is 1.01. The van der Waals surface area contributed by atoms with Crippen LogP contribution in [0.15, 0.2) is 49.2 Å². The number of hydrogen-bond acceptors (Lipinski definition) is 6. The summed E-state index contributed by atoms with van der Waals surface area (Å²) in [6, 6.07) is 9.73. The zero-order valence-electron chi connectivity index (χ0n) is 15.8. The Balaban J connectivity index is 1.52. The third-order valence-corrected chi connectivity index (χ3v) is 5.38. The van der Waals surface area contributed by atoms with Gasteiger partial charge in [-0.2, -0.15) is 4.98 Å². The third-order valence-electron chi connectivity index (χ3n) is 5.38. The molecule has 1 fully saturated rings. The number of benzene rings is 1. The quantitative estimate of drug-likeness (QED) is 0.523. The van der Waals surface area contributed by atoms with E-state index in [1.807, 2.05) is 34.9 Å². The van der Waals surface area contributed by atoms with E-state index in [4.69, 9.17) is 9.47 Å². The van der Waals surface area contributed by atoms with Gasteiger partial charge in [0.15, 0.2) is 16.9 Å². The second-order valence-electron chi connectivity index (χ2n) is 7.19. The van der Waals surface area contributed by atoms with Crippen LogP contribution in [-0.4, -0.2) is 30.6 Å². The Bertz CT molecular complexity index is 1140. The van der Waals surface area contributed by atoms with Crippen LogP contribution in [0.1, 0.15) is 32.9 Å². The van der Waals surface area contributed by atoms with Crippen LogP contribution in [0, 0.1) is 5.92 Å². The molecule has 3 unspecified atom stereocenters. The zero-order chi connectivity index (χ0) is 19.1. The van der Waals surface area contributed by atoms with E-state index in [9.17, 15) is 0 Å². The van der Waals surface area contributed by atoms with Crippen molar-refractivity contribution in [2.75, 3.05) is 0 Å². The van der Waals surface area contributed by atoms with Gasteiger partial charge in [-0.25, -0.2) is 9.97 Å². The minimum atomic E-state index is -0.0630.